The fourth-order valence-corrected chi connectivity index (χ4v) is 1.88. The first-order valence-electron chi connectivity index (χ1n) is 6.76. The highest BCUT2D eigenvalue weighted by Gasteiger charge is 2.12. The average Bonchev–Trinajstić information content (AvgIpc) is 2.39. The van der Waals surface area contributed by atoms with Crippen LogP contribution in [0, 0.1) is 0 Å². The van der Waals surface area contributed by atoms with Crippen molar-refractivity contribution >= 4 is 12.0 Å². The number of carbonyl (C=O) groups is 2. The third-order valence-corrected chi connectivity index (χ3v) is 3.01. The molecule has 2 N–H and O–H groups in total. The van der Waals surface area contributed by atoms with Gasteiger partial charge in [0.05, 0.1) is 0 Å². The number of carboxylic acids is 1. The van der Waals surface area contributed by atoms with Gasteiger partial charge in [-0.05, 0) is 25.3 Å². The average molecular weight is 278 g/mol. The summed E-state index contributed by atoms with van der Waals surface area (Å²) in [6.45, 7) is 2.44. The molecule has 1 unspecified atom stereocenters. The van der Waals surface area contributed by atoms with Crippen LogP contribution >= 0.6 is 0 Å². The largest absolute Gasteiger partial charge is 0.481 e. The van der Waals surface area contributed by atoms with E-state index < -0.39 is 5.97 Å². The van der Waals surface area contributed by atoms with Crippen LogP contribution < -0.4 is 5.32 Å². The molecule has 0 radical (unpaired) electrons. The van der Waals surface area contributed by atoms with E-state index in [1.807, 2.05) is 37.3 Å². The van der Waals surface area contributed by atoms with Crippen molar-refractivity contribution in [1.29, 1.82) is 0 Å². The summed E-state index contributed by atoms with van der Waals surface area (Å²) in [5.41, 5.74) is 1.07. The first kappa shape index (κ1) is 16.0. The molecule has 0 heterocycles. The maximum absolute atomic E-state index is 12.0. The molecule has 1 atom stereocenters. The fraction of sp³-hybridized carbons (Fsp3) is 0.467. The molecule has 0 aliphatic carbocycles. The number of urea groups is 1. The molecule has 0 saturated carbocycles. The molecule has 1 aromatic rings. The van der Waals surface area contributed by atoms with E-state index in [9.17, 15) is 9.59 Å². The number of hydrogen-bond acceptors (Lipinski definition) is 2. The number of aliphatic carboxylic acids is 1. The molecule has 0 spiro atoms. The maximum Gasteiger partial charge on any atom is 0.317 e. The van der Waals surface area contributed by atoms with E-state index in [0.29, 0.717) is 19.4 Å². The van der Waals surface area contributed by atoms with Crippen LogP contribution in [0.2, 0.25) is 0 Å². The standard InChI is InChI=1S/C15H22N2O3/c1-12(7-6-10-14(18)19)16-15(20)17(2)11-13-8-4-3-5-9-13/h3-5,8-9,12H,6-7,10-11H2,1-2H3,(H,16,20)(H,18,19). The SMILES string of the molecule is CC(CCCC(=O)O)NC(=O)N(C)Cc1ccccc1. The van der Waals surface area contributed by atoms with Gasteiger partial charge < -0.3 is 15.3 Å². The van der Waals surface area contributed by atoms with E-state index in [2.05, 4.69) is 5.32 Å². The van der Waals surface area contributed by atoms with Gasteiger partial charge in [-0.25, -0.2) is 4.79 Å². The lowest BCUT2D eigenvalue weighted by atomic mass is 10.1. The summed E-state index contributed by atoms with van der Waals surface area (Å²) in [6.07, 6.45) is 1.37. The topological polar surface area (TPSA) is 69.6 Å². The summed E-state index contributed by atoms with van der Waals surface area (Å²) in [7, 11) is 1.74. The van der Waals surface area contributed by atoms with E-state index >= 15 is 0 Å². The predicted molar refractivity (Wildman–Crippen MR) is 77.4 cm³/mol. The van der Waals surface area contributed by atoms with E-state index in [4.69, 9.17) is 5.11 Å². The molecule has 5 heteroatoms. The normalized spacial score (nSPS) is 11.7. The van der Waals surface area contributed by atoms with Crippen molar-refractivity contribution < 1.29 is 14.7 Å². The third kappa shape index (κ3) is 6.22. The Kier molecular flexibility index (Phi) is 6.56. The summed E-state index contributed by atoms with van der Waals surface area (Å²) >= 11 is 0. The highest BCUT2D eigenvalue weighted by atomic mass is 16.4. The van der Waals surface area contributed by atoms with Crippen molar-refractivity contribution in [1.82, 2.24) is 10.2 Å². The van der Waals surface area contributed by atoms with Gasteiger partial charge >= 0.3 is 12.0 Å². The number of amides is 2. The van der Waals surface area contributed by atoms with Gasteiger partial charge in [-0.3, -0.25) is 4.79 Å². The second-order valence-electron chi connectivity index (χ2n) is 4.98. The van der Waals surface area contributed by atoms with Crippen molar-refractivity contribution in [2.75, 3.05) is 7.05 Å². The quantitative estimate of drug-likeness (QED) is 0.805. The zero-order chi connectivity index (χ0) is 15.0. The van der Waals surface area contributed by atoms with Crippen LogP contribution in [0.5, 0.6) is 0 Å². The summed E-state index contributed by atoms with van der Waals surface area (Å²) in [5, 5.41) is 11.4. The number of nitrogens with one attached hydrogen (secondary N) is 1. The van der Waals surface area contributed by atoms with Crippen LogP contribution in [0.3, 0.4) is 0 Å². The molecule has 0 aliphatic rings. The van der Waals surface area contributed by atoms with E-state index in [-0.39, 0.29) is 18.5 Å². The molecule has 2 amide bonds. The van der Waals surface area contributed by atoms with Gasteiger partial charge in [-0.2, -0.15) is 0 Å². The van der Waals surface area contributed by atoms with Gasteiger partial charge in [-0.15, -0.1) is 0 Å². The first-order valence-corrected chi connectivity index (χ1v) is 6.76. The predicted octanol–water partition coefficient (Wildman–Crippen LogP) is 2.47. The lowest BCUT2D eigenvalue weighted by molar-refractivity contribution is -0.137. The molecular weight excluding hydrogens is 256 g/mol. The second kappa shape index (κ2) is 8.19. The van der Waals surface area contributed by atoms with Gasteiger partial charge in [0.15, 0.2) is 0 Å². The van der Waals surface area contributed by atoms with Gasteiger partial charge in [0.25, 0.3) is 0 Å². The van der Waals surface area contributed by atoms with Gasteiger partial charge in [-0.1, -0.05) is 30.3 Å². The zero-order valence-electron chi connectivity index (χ0n) is 12.0. The molecule has 0 fully saturated rings. The molecule has 0 bridgehead atoms. The van der Waals surface area contributed by atoms with Crippen molar-refractivity contribution in [3.05, 3.63) is 35.9 Å². The van der Waals surface area contributed by atoms with E-state index in [1.165, 1.54) is 0 Å². The van der Waals surface area contributed by atoms with Crippen LogP contribution in [0.1, 0.15) is 31.7 Å². The van der Waals surface area contributed by atoms with Crippen LogP contribution in [0.4, 0.5) is 4.79 Å². The number of carboxylic acid groups (broad SMARTS) is 1. The number of benzene rings is 1. The van der Waals surface area contributed by atoms with Crippen molar-refractivity contribution in [3.63, 3.8) is 0 Å². The third-order valence-electron chi connectivity index (χ3n) is 3.01. The summed E-state index contributed by atoms with van der Waals surface area (Å²) < 4.78 is 0. The zero-order valence-corrected chi connectivity index (χ0v) is 12.0. The summed E-state index contributed by atoms with van der Waals surface area (Å²) in [5.74, 6) is -0.801. The molecule has 20 heavy (non-hydrogen) atoms. The Morgan fingerprint density at radius 1 is 1.30 bits per heavy atom. The van der Waals surface area contributed by atoms with Crippen molar-refractivity contribution in [2.24, 2.45) is 0 Å². The lowest BCUT2D eigenvalue weighted by Crippen LogP contribution is -2.41. The number of nitrogens with zero attached hydrogens (tertiary/aromatic N) is 1. The Labute approximate surface area is 119 Å². The summed E-state index contributed by atoms with van der Waals surface area (Å²) in [6, 6.07) is 9.59. The minimum atomic E-state index is -0.801. The molecule has 110 valence electrons. The van der Waals surface area contributed by atoms with E-state index in [0.717, 1.165) is 5.56 Å². The highest BCUT2D eigenvalue weighted by Crippen LogP contribution is 2.04. The van der Waals surface area contributed by atoms with Crippen molar-refractivity contribution in [3.8, 4) is 0 Å². The van der Waals surface area contributed by atoms with Gasteiger partial charge in [0, 0.05) is 26.1 Å². The van der Waals surface area contributed by atoms with Crippen LogP contribution in [-0.2, 0) is 11.3 Å². The van der Waals surface area contributed by atoms with Crippen LogP contribution in [0.15, 0.2) is 30.3 Å². The Hall–Kier alpha value is -2.04. The fourth-order valence-electron chi connectivity index (χ4n) is 1.88. The molecular formula is C15H22N2O3. The van der Waals surface area contributed by atoms with Crippen molar-refractivity contribution in [2.45, 2.75) is 38.8 Å². The Balaban J connectivity index is 2.32. The Morgan fingerprint density at radius 2 is 1.95 bits per heavy atom. The number of hydrogen-bond donors (Lipinski definition) is 2. The number of carbonyl (C=O) groups excluding carboxylic acids is 1. The molecule has 0 aliphatic heterocycles. The smallest absolute Gasteiger partial charge is 0.317 e. The molecule has 0 aromatic heterocycles. The summed E-state index contributed by atoms with van der Waals surface area (Å²) in [4.78, 5) is 24.0. The van der Waals surface area contributed by atoms with Gasteiger partial charge in [0.2, 0.25) is 0 Å². The maximum atomic E-state index is 12.0. The van der Waals surface area contributed by atoms with Crippen LogP contribution in [0.25, 0.3) is 0 Å². The monoisotopic (exact) mass is 278 g/mol. The molecule has 0 saturated heterocycles. The second-order valence-corrected chi connectivity index (χ2v) is 4.98. The Bertz CT molecular complexity index is 434. The number of rotatable bonds is 7. The van der Waals surface area contributed by atoms with Gasteiger partial charge in [0.1, 0.15) is 0 Å². The minimum Gasteiger partial charge on any atom is -0.481 e. The minimum absolute atomic E-state index is 0.0277. The van der Waals surface area contributed by atoms with E-state index in [1.54, 1.807) is 11.9 Å². The molecule has 1 rings (SSSR count). The highest BCUT2D eigenvalue weighted by molar-refractivity contribution is 5.74. The van der Waals surface area contributed by atoms with Crippen LogP contribution in [-0.4, -0.2) is 35.1 Å². The lowest BCUT2D eigenvalue weighted by Gasteiger charge is -2.21. The first-order chi connectivity index (χ1) is 9.49. The molecule has 5 nitrogen and oxygen atoms in total. The molecule has 1 aromatic carbocycles. The Morgan fingerprint density at radius 3 is 2.55 bits per heavy atom.